The molecule has 1 aliphatic heterocycles. The number of carbonyl (C=O) groups is 2. The smallest absolute Gasteiger partial charge is 0.241 e. The number of hydrogen-bond donors (Lipinski definition) is 2. The van der Waals surface area contributed by atoms with Crippen molar-refractivity contribution in [2.24, 2.45) is 0 Å². The first kappa shape index (κ1) is 9.98. The Morgan fingerprint density at radius 2 is 2.15 bits per heavy atom. The van der Waals surface area contributed by atoms with Crippen molar-refractivity contribution < 1.29 is 14.7 Å². The molecule has 0 unspecified atom stereocenters. The van der Waals surface area contributed by atoms with Crippen molar-refractivity contribution in [1.29, 1.82) is 0 Å². The second-order valence-electron chi connectivity index (χ2n) is 3.11. The maximum absolute atomic E-state index is 11.3. The van der Waals surface area contributed by atoms with E-state index in [4.69, 9.17) is 0 Å². The molecule has 0 aromatic heterocycles. The van der Waals surface area contributed by atoms with Gasteiger partial charge in [0.2, 0.25) is 12.3 Å². The molecule has 2 N–H and O–H groups in total. The van der Waals surface area contributed by atoms with Crippen molar-refractivity contribution >= 4 is 12.3 Å². The van der Waals surface area contributed by atoms with Gasteiger partial charge in [-0.15, -0.1) is 0 Å². The van der Waals surface area contributed by atoms with Gasteiger partial charge in [-0.05, 0) is 12.8 Å². The Morgan fingerprint density at radius 3 is 2.69 bits per heavy atom. The predicted molar refractivity (Wildman–Crippen MR) is 45.9 cm³/mol. The van der Waals surface area contributed by atoms with Crippen LogP contribution in [0.4, 0.5) is 0 Å². The molecule has 2 amide bonds. The molecule has 13 heavy (non-hydrogen) atoms. The van der Waals surface area contributed by atoms with E-state index in [-0.39, 0.29) is 18.6 Å². The van der Waals surface area contributed by atoms with Gasteiger partial charge in [0.15, 0.2) is 0 Å². The van der Waals surface area contributed by atoms with E-state index >= 15 is 0 Å². The standard InChI is InChI=1S/C8H14N2O3/c11-6-9-5-8(13)10-3-1-7(12)2-4-10/h6-7,12H,1-5H2,(H,9,11). The molecule has 1 fully saturated rings. The SMILES string of the molecule is O=CNCC(=O)N1CCC(O)CC1. The number of nitrogens with one attached hydrogen (secondary N) is 1. The topological polar surface area (TPSA) is 69.6 Å². The van der Waals surface area contributed by atoms with Crippen LogP contribution in [-0.2, 0) is 9.59 Å². The highest BCUT2D eigenvalue weighted by molar-refractivity contribution is 5.80. The van der Waals surface area contributed by atoms with Gasteiger partial charge in [-0.2, -0.15) is 0 Å². The molecule has 0 aliphatic carbocycles. The highest BCUT2D eigenvalue weighted by atomic mass is 16.3. The normalized spacial score (nSPS) is 18.4. The van der Waals surface area contributed by atoms with Gasteiger partial charge in [0.25, 0.3) is 0 Å². The Labute approximate surface area is 76.7 Å². The zero-order chi connectivity index (χ0) is 9.68. The number of aliphatic hydroxyl groups excluding tert-OH is 1. The third-order valence-corrected chi connectivity index (χ3v) is 2.15. The molecule has 5 heteroatoms. The van der Waals surface area contributed by atoms with Crippen molar-refractivity contribution in [3.63, 3.8) is 0 Å². The second-order valence-corrected chi connectivity index (χ2v) is 3.11. The van der Waals surface area contributed by atoms with Crippen LogP contribution in [0.2, 0.25) is 0 Å². The van der Waals surface area contributed by atoms with E-state index in [0.29, 0.717) is 32.3 Å². The van der Waals surface area contributed by atoms with E-state index in [1.807, 2.05) is 0 Å². The molecule has 0 radical (unpaired) electrons. The highest BCUT2D eigenvalue weighted by Crippen LogP contribution is 2.09. The van der Waals surface area contributed by atoms with Crippen LogP contribution < -0.4 is 5.32 Å². The minimum absolute atomic E-state index is 0.0552. The van der Waals surface area contributed by atoms with Crippen LogP contribution in [0.3, 0.4) is 0 Å². The predicted octanol–water partition coefficient (Wildman–Crippen LogP) is -1.28. The average molecular weight is 186 g/mol. The number of piperidine rings is 1. The highest BCUT2D eigenvalue weighted by Gasteiger charge is 2.20. The van der Waals surface area contributed by atoms with Gasteiger partial charge in [-0.25, -0.2) is 0 Å². The lowest BCUT2D eigenvalue weighted by atomic mass is 10.1. The summed E-state index contributed by atoms with van der Waals surface area (Å²) in [6, 6.07) is 0. The van der Waals surface area contributed by atoms with E-state index in [0.717, 1.165) is 0 Å². The Bertz CT molecular complexity index is 188. The Hall–Kier alpha value is -1.10. The van der Waals surface area contributed by atoms with Crippen LogP contribution in [0.1, 0.15) is 12.8 Å². The van der Waals surface area contributed by atoms with Gasteiger partial charge in [-0.3, -0.25) is 9.59 Å². The molecule has 0 saturated carbocycles. The summed E-state index contributed by atoms with van der Waals surface area (Å²) in [5, 5.41) is 11.5. The first-order valence-electron chi connectivity index (χ1n) is 4.37. The summed E-state index contributed by atoms with van der Waals surface area (Å²) in [4.78, 5) is 22.9. The lowest BCUT2D eigenvalue weighted by Gasteiger charge is -2.29. The number of likely N-dealkylation sites (tertiary alicyclic amines) is 1. The summed E-state index contributed by atoms with van der Waals surface area (Å²) in [7, 11) is 0. The van der Waals surface area contributed by atoms with Crippen molar-refractivity contribution in [2.75, 3.05) is 19.6 Å². The summed E-state index contributed by atoms with van der Waals surface area (Å²) >= 11 is 0. The number of rotatable bonds is 3. The Balaban J connectivity index is 2.27. The lowest BCUT2D eigenvalue weighted by molar-refractivity contribution is -0.133. The summed E-state index contributed by atoms with van der Waals surface area (Å²) in [6.45, 7) is 1.22. The molecule has 1 heterocycles. The fourth-order valence-electron chi connectivity index (χ4n) is 1.36. The molecule has 1 aliphatic rings. The molecular weight excluding hydrogens is 172 g/mol. The van der Waals surface area contributed by atoms with Crippen LogP contribution in [0.5, 0.6) is 0 Å². The van der Waals surface area contributed by atoms with Gasteiger partial charge in [-0.1, -0.05) is 0 Å². The molecule has 0 bridgehead atoms. The zero-order valence-electron chi connectivity index (χ0n) is 7.40. The molecule has 1 rings (SSSR count). The largest absolute Gasteiger partial charge is 0.393 e. The number of nitrogens with zero attached hydrogens (tertiary/aromatic N) is 1. The molecule has 0 atom stereocenters. The number of hydrogen-bond acceptors (Lipinski definition) is 3. The maximum atomic E-state index is 11.3. The third-order valence-electron chi connectivity index (χ3n) is 2.15. The minimum atomic E-state index is -0.275. The number of carbonyl (C=O) groups excluding carboxylic acids is 2. The summed E-state index contributed by atoms with van der Waals surface area (Å²) in [6.07, 6.45) is 1.50. The monoisotopic (exact) mass is 186 g/mol. The van der Waals surface area contributed by atoms with Crippen LogP contribution in [-0.4, -0.2) is 48.1 Å². The Kier molecular flexibility index (Phi) is 3.70. The van der Waals surface area contributed by atoms with E-state index < -0.39 is 0 Å². The fraction of sp³-hybridized carbons (Fsp3) is 0.750. The van der Waals surface area contributed by atoms with E-state index in [1.54, 1.807) is 4.90 Å². The quantitative estimate of drug-likeness (QED) is 0.539. The average Bonchev–Trinajstić information content (AvgIpc) is 2.15. The minimum Gasteiger partial charge on any atom is -0.393 e. The van der Waals surface area contributed by atoms with E-state index in [9.17, 15) is 14.7 Å². The van der Waals surface area contributed by atoms with Gasteiger partial charge in [0.05, 0.1) is 12.6 Å². The van der Waals surface area contributed by atoms with Crippen LogP contribution >= 0.6 is 0 Å². The first-order valence-corrected chi connectivity index (χ1v) is 4.37. The van der Waals surface area contributed by atoms with Crippen molar-refractivity contribution in [3.8, 4) is 0 Å². The van der Waals surface area contributed by atoms with Gasteiger partial charge in [0, 0.05) is 13.1 Å². The van der Waals surface area contributed by atoms with Gasteiger partial charge >= 0.3 is 0 Å². The van der Waals surface area contributed by atoms with Gasteiger partial charge in [0.1, 0.15) is 0 Å². The molecule has 0 spiro atoms. The van der Waals surface area contributed by atoms with Crippen LogP contribution in [0.15, 0.2) is 0 Å². The summed E-state index contributed by atoms with van der Waals surface area (Å²) in [5.41, 5.74) is 0. The van der Waals surface area contributed by atoms with E-state index in [1.165, 1.54) is 0 Å². The van der Waals surface area contributed by atoms with E-state index in [2.05, 4.69) is 5.32 Å². The summed E-state index contributed by atoms with van der Waals surface area (Å²) in [5.74, 6) is -0.0843. The van der Waals surface area contributed by atoms with Crippen LogP contribution in [0.25, 0.3) is 0 Å². The van der Waals surface area contributed by atoms with Crippen molar-refractivity contribution in [2.45, 2.75) is 18.9 Å². The second kappa shape index (κ2) is 4.81. The molecule has 0 aromatic carbocycles. The molecule has 0 aromatic rings. The van der Waals surface area contributed by atoms with Gasteiger partial charge < -0.3 is 15.3 Å². The van der Waals surface area contributed by atoms with Crippen molar-refractivity contribution in [3.05, 3.63) is 0 Å². The fourth-order valence-corrected chi connectivity index (χ4v) is 1.36. The molecular formula is C8H14N2O3. The molecule has 74 valence electrons. The van der Waals surface area contributed by atoms with Crippen LogP contribution in [0, 0.1) is 0 Å². The number of amides is 2. The first-order chi connectivity index (χ1) is 6.24. The Morgan fingerprint density at radius 1 is 1.54 bits per heavy atom. The van der Waals surface area contributed by atoms with Crippen molar-refractivity contribution in [1.82, 2.24) is 10.2 Å². The summed E-state index contributed by atoms with van der Waals surface area (Å²) < 4.78 is 0. The third kappa shape index (κ3) is 3.02. The maximum Gasteiger partial charge on any atom is 0.241 e. The molecule has 1 saturated heterocycles. The lowest BCUT2D eigenvalue weighted by Crippen LogP contribution is -2.43. The zero-order valence-corrected chi connectivity index (χ0v) is 7.40. The molecule has 5 nitrogen and oxygen atoms in total. The number of aliphatic hydroxyl groups is 1.